The van der Waals surface area contributed by atoms with Gasteiger partial charge in [0.2, 0.25) is 5.91 Å². The maximum atomic E-state index is 13.4. The Morgan fingerprint density at radius 2 is 2.07 bits per heavy atom. The Morgan fingerprint density at radius 3 is 2.79 bits per heavy atom. The Bertz CT molecular complexity index is 1100. The van der Waals surface area contributed by atoms with Crippen molar-refractivity contribution < 1.29 is 22.3 Å². The van der Waals surface area contributed by atoms with Gasteiger partial charge in [0.1, 0.15) is 17.4 Å². The van der Waals surface area contributed by atoms with E-state index in [-0.39, 0.29) is 29.1 Å². The number of anilines is 1. The van der Waals surface area contributed by atoms with Crippen molar-refractivity contribution in [3.05, 3.63) is 53.3 Å². The second kappa shape index (κ2) is 7.77. The summed E-state index contributed by atoms with van der Waals surface area (Å²) in [5.74, 6) is -0.514. The zero-order valence-electron chi connectivity index (χ0n) is 15.1. The molecule has 0 unspecified atom stereocenters. The van der Waals surface area contributed by atoms with Crippen LogP contribution in [-0.2, 0) is 14.8 Å². The summed E-state index contributed by atoms with van der Waals surface area (Å²) in [5.41, 5.74) is 1.43. The van der Waals surface area contributed by atoms with Crippen LogP contribution in [0.2, 0.25) is 0 Å². The van der Waals surface area contributed by atoms with Crippen LogP contribution >= 0.6 is 0 Å². The van der Waals surface area contributed by atoms with Crippen molar-refractivity contribution in [3.8, 4) is 5.75 Å². The number of carbonyl (C=O) groups excluding carboxylic acids is 1. The van der Waals surface area contributed by atoms with Crippen molar-refractivity contribution >= 4 is 33.7 Å². The molecule has 3 rings (SSSR count). The van der Waals surface area contributed by atoms with Crippen LogP contribution in [-0.4, -0.2) is 40.2 Å². The van der Waals surface area contributed by atoms with E-state index in [2.05, 4.69) is 20.0 Å². The normalized spacial score (nSPS) is 14.5. The van der Waals surface area contributed by atoms with E-state index in [0.717, 1.165) is 0 Å². The lowest BCUT2D eigenvalue weighted by Crippen LogP contribution is -2.23. The molecule has 0 fully saturated rings. The molecule has 1 heterocycles. The third kappa shape index (κ3) is 4.17. The molecule has 146 valence electrons. The number of carbonyl (C=O) groups is 1. The summed E-state index contributed by atoms with van der Waals surface area (Å²) in [5, 5.41) is 5.44. The summed E-state index contributed by atoms with van der Waals surface area (Å²) >= 11 is 0. The van der Waals surface area contributed by atoms with Crippen molar-refractivity contribution in [2.24, 2.45) is 9.39 Å². The molecule has 2 aromatic carbocycles. The zero-order valence-corrected chi connectivity index (χ0v) is 15.9. The van der Waals surface area contributed by atoms with E-state index < -0.39 is 15.8 Å². The van der Waals surface area contributed by atoms with Crippen LogP contribution in [0.5, 0.6) is 5.75 Å². The number of amidine groups is 1. The monoisotopic (exact) mass is 404 g/mol. The molecule has 1 aliphatic rings. The molecular formula is C18H17FN4O4S. The Labute approximate surface area is 161 Å². The summed E-state index contributed by atoms with van der Waals surface area (Å²) in [4.78, 5) is 15.4. The number of sulfonamides is 1. The molecule has 8 nitrogen and oxygen atoms in total. The van der Waals surface area contributed by atoms with Crippen LogP contribution < -0.4 is 15.4 Å². The molecule has 1 amide bonds. The number of hydrogen-bond donors (Lipinski definition) is 2. The SMILES string of the molecule is COc1cc(/C=N/CNC2=NS(=O)(=O)c3ccc(NC(C)=O)cc32)ccc1F. The second-order valence-corrected chi connectivity index (χ2v) is 7.42. The van der Waals surface area contributed by atoms with Gasteiger partial charge >= 0.3 is 0 Å². The van der Waals surface area contributed by atoms with Gasteiger partial charge in [-0.2, -0.15) is 8.42 Å². The van der Waals surface area contributed by atoms with Crippen LogP contribution in [0.25, 0.3) is 0 Å². The van der Waals surface area contributed by atoms with Gasteiger partial charge < -0.3 is 15.4 Å². The van der Waals surface area contributed by atoms with Gasteiger partial charge in [-0.25, -0.2) is 4.39 Å². The number of hydrogen-bond acceptors (Lipinski definition) is 6. The van der Waals surface area contributed by atoms with Gasteiger partial charge in [0.05, 0.1) is 7.11 Å². The van der Waals surface area contributed by atoms with Crippen LogP contribution in [0.3, 0.4) is 0 Å². The summed E-state index contributed by atoms with van der Waals surface area (Å²) in [6.07, 6.45) is 1.49. The van der Waals surface area contributed by atoms with E-state index in [1.165, 1.54) is 56.6 Å². The number of nitrogens with one attached hydrogen (secondary N) is 2. The highest BCUT2D eigenvalue weighted by atomic mass is 32.2. The number of aliphatic imine (C=N–C) groups is 1. The second-order valence-electron chi connectivity index (χ2n) is 5.85. The molecule has 0 saturated heterocycles. The topological polar surface area (TPSA) is 109 Å². The fourth-order valence-corrected chi connectivity index (χ4v) is 3.77. The van der Waals surface area contributed by atoms with Crippen LogP contribution in [0.15, 0.2) is 50.7 Å². The van der Waals surface area contributed by atoms with Crippen LogP contribution in [0, 0.1) is 5.82 Å². The largest absolute Gasteiger partial charge is 0.494 e. The van der Waals surface area contributed by atoms with Crippen molar-refractivity contribution in [1.82, 2.24) is 5.32 Å². The number of halogens is 1. The summed E-state index contributed by atoms with van der Waals surface area (Å²) < 4.78 is 46.3. The maximum Gasteiger partial charge on any atom is 0.285 e. The number of nitrogens with zero attached hydrogens (tertiary/aromatic N) is 2. The highest BCUT2D eigenvalue weighted by Crippen LogP contribution is 2.28. The highest BCUT2D eigenvalue weighted by molar-refractivity contribution is 7.90. The van der Waals surface area contributed by atoms with Crippen LogP contribution in [0.4, 0.5) is 10.1 Å². The molecule has 0 bridgehead atoms. The molecule has 0 aliphatic carbocycles. The molecule has 0 aromatic heterocycles. The Hall–Kier alpha value is -3.27. The number of benzene rings is 2. The van der Waals surface area contributed by atoms with Gasteiger partial charge in [-0.1, -0.05) is 6.07 Å². The van der Waals surface area contributed by atoms with E-state index in [4.69, 9.17) is 4.74 Å². The first kappa shape index (κ1) is 19.5. The van der Waals surface area contributed by atoms with Crippen LogP contribution in [0.1, 0.15) is 18.1 Å². The smallest absolute Gasteiger partial charge is 0.285 e. The average Bonchev–Trinajstić information content (AvgIpc) is 2.89. The lowest BCUT2D eigenvalue weighted by molar-refractivity contribution is -0.114. The van der Waals surface area contributed by atoms with Gasteiger partial charge in [0.25, 0.3) is 10.0 Å². The summed E-state index contributed by atoms with van der Waals surface area (Å²) in [6, 6.07) is 8.71. The molecule has 0 radical (unpaired) electrons. The van der Waals surface area contributed by atoms with Crippen molar-refractivity contribution in [2.75, 3.05) is 19.1 Å². The van der Waals surface area contributed by atoms with Gasteiger partial charge in [-0.05, 0) is 35.9 Å². The van der Waals surface area contributed by atoms with E-state index in [0.29, 0.717) is 16.8 Å². The lowest BCUT2D eigenvalue weighted by atomic mass is 10.2. The average molecular weight is 404 g/mol. The standard InChI is InChI=1S/C18H17FN4O4S/c1-11(24)22-13-4-6-17-14(8-13)18(23-28(17,25)26)21-10-20-9-12-3-5-15(19)16(7-12)27-2/h3-9H,10H2,1-2H3,(H,21,23)(H,22,24)/b20-9+. The number of ether oxygens (including phenoxy) is 1. The lowest BCUT2D eigenvalue weighted by Gasteiger charge is -2.07. The van der Waals surface area contributed by atoms with Gasteiger partial charge in [0.15, 0.2) is 11.6 Å². The zero-order chi connectivity index (χ0) is 20.3. The van der Waals surface area contributed by atoms with Gasteiger partial charge in [-0.3, -0.25) is 9.79 Å². The third-order valence-corrected chi connectivity index (χ3v) is 5.13. The first-order chi connectivity index (χ1) is 13.3. The molecule has 0 atom stereocenters. The molecular weight excluding hydrogens is 387 g/mol. The fourth-order valence-electron chi connectivity index (χ4n) is 2.60. The molecule has 10 heteroatoms. The van der Waals surface area contributed by atoms with Crippen molar-refractivity contribution in [1.29, 1.82) is 0 Å². The van der Waals surface area contributed by atoms with E-state index in [9.17, 15) is 17.6 Å². The number of rotatable bonds is 5. The van der Waals surface area contributed by atoms with Crippen molar-refractivity contribution in [2.45, 2.75) is 11.8 Å². The Balaban J connectivity index is 1.74. The molecule has 28 heavy (non-hydrogen) atoms. The predicted octanol–water partition coefficient (Wildman–Crippen LogP) is 1.91. The van der Waals surface area contributed by atoms with E-state index in [1.54, 1.807) is 0 Å². The summed E-state index contributed by atoms with van der Waals surface area (Å²) in [6.45, 7) is 1.40. The molecule has 2 aromatic rings. The molecule has 0 spiro atoms. The first-order valence-corrected chi connectivity index (χ1v) is 9.58. The minimum Gasteiger partial charge on any atom is -0.494 e. The first-order valence-electron chi connectivity index (χ1n) is 8.14. The number of methoxy groups -OCH3 is 1. The van der Waals surface area contributed by atoms with Crippen molar-refractivity contribution in [3.63, 3.8) is 0 Å². The number of fused-ring (bicyclic) bond motifs is 1. The fraction of sp³-hybridized carbons (Fsp3) is 0.167. The van der Waals surface area contributed by atoms with Gasteiger partial charge in [-0.15, -0.1) is 4.40 Å². The predicted molar refractivity (Wildman–Crippen MR) is 103 cm³/mol. The molecule has 1 aliphatic heterocycles. The maximum absolute atomic E-state index is 13.4. The minimum atomic E-state index is -3.80. The third-order valence-electron chi connectivity index (χ3n) is 3.80. The Kier molecular flexibility index (Phi) is 5.41. The molecule has 2 N–H and O–H groups in total. The van der Waals surface area contributed by atoms with E-state index in [1.807, 2.05) is 0 Å². The quantitative estimate of drug-likeness (QED) is 0.740. The highest BCUT2D eigenvalue weighted by Gasteiger charge is 2.29. The summed E-state index contributed by atoms with van der Waals surface area (Å²) in [7, 11) is -2.43. The molecule has 0 saturated carbocycles. The Morgan fingerprint density at radius 1 is 1.29 bits per heavy atom. The number of amides is 1. The van der Waals surface area contributed by atoms with Gasteiger partial charge in [0, 0.05) is 24.4 Å². The minimum absolute atomic E-state index is 0.0395. The van der Waals surface area contributed by atoms with E-state index >= 15 is 0 Å².